The molecule has 1 N–H and O–H groups in total. The summed E-state index contributed by atoms with van der Waals surface area (Å²) in [6, 6.07) is 22.1. The van der Waals surface area contributed by atoms with Gasteiger partial charge in [0.1, 0.15) is 11.5 Å². The van der Waals surface area contributed by atoms with Crippen LogP contribution in [-0.2, 0) is 16.1 Å². The maximum absolute atomic E-state index is 13.0. The first-order chi connectivity index (χ1) is 17.5. The summed E-state index contributed by atoms with van der Waals surface area (Å²) in [5.74, 6) is 0.785. The third-order valence-electron chi connectivity index (χ3n) is 5.92. The Labute approximate surface area is 211 Å². The molecule has 1 aliphatic heterocycles. The van der Waals surface area contributed by atoms with E-state index in [0.717, 1.165) is 24.3 Å². The normalized spacial score (nSPS) is 13.1. The molecule has 0 unspecified atom stereocenters. The lowest BCUT2D eigenvalue weighted by Crippen LogP contribution is -2.37. The SMILES string of the molecule is COc1cccc(NC(=O)COc2ccc(C(=O)N(C)Cc3ccccc3N3CCOCC3)cc2)c1. The van der Waals surface area contributed by atoms with E-state index in [0.29, 0.717) is 42.5 Å². The highest BCUT2D eigenvalue weighted by atomic mass is 16.5. The van der Waals surface area contributed by atoms with E-state index in [1.54, 1.807) is 67.6 Å². The zero-order valence-corrected chi connectivity index (χ0v) is 20.6. The molecule has 8 nitrogen and oxygen atoms in total. The van der Waals surface area contributed by atoms with Crippen molar-refractivity contribution in [1.29, 1.82) is 0 Å². The first-order valence-electron chi connectivity index (χ1n) is 11.9. The van der Waals surface area contributed by atoms with Crippen LogP contribution in [0.1, 0.15) is 15.9 Å². The van der Waals surface area contributed by atoms with Crippen molar-refractivity contribution < 1.29 is 23.8 Å². The van der Waals surface area contributed by atoms with E-state index in [4.69, 9.17) is 14.2 Å². The number of hydrogen-bond donors (Lipinski definition) is 1. The Morgan fingerprint density at radius 3 is 2.47 bits per heavy atom. The lowest BCUT2D eigenvalue weighted by Gasteiger charge is -2.31. The molecule has 1 aliphatic rings. The number of rotatable bonds is 9. The Morgan fingerprint density at radius 1 is 0.972 bits per heavy atom. The highest BCUT2D eigenvalue weighted by molar-refractivity contribution is 5.94. The van der Waals surface area contributed by atoms with E-state index in [-0.39, 0.29) is 18.4 Å². The fourth-order valence-corrected chi connectivity index (χ4v) is 4.05. The second-order valence-electron chi connectivity index (χ2n) is 8.48. The van der Waals surface area contributed by atoms with Crippen molar-refractivity contribution in [2.24, 2.45) is 0 Å². The molecule has 8 heteroatoms. The van der Waals surface area contributed by atoms with Gasteiger partial charge in [0.05, 0.1) is 20.3 Å². The molecule has 36 heavy (non-hydrogen) atoms. The van der Waals surface area contributed by atoms with Gasteiger partial charge in [-0.1, -0.05) is 24.3 Å². The van der Waals surface area contributed by atoms with Crippen molar-refractivity contribution in [1.82, 2.24) is 4.90 Å². The maximum atomic E-state index is 13.0. The number of hydrogen-bond acceptors (Lipinski definition) is 6. The minimum absolute atomic E-state index is 0.0888. The van der Waals surface area contributed by atoms with Crippen molar-refractivity contribution in [3.05, 3.63) is 83.9 Å². The molecule has 0 bridgehead atoms. The van der Waals surface area contributed by atoms with Gasteiger partial charge in [0.2, 0.25) is 0 Å². The topological polar surface area (TPSA) is 80.3 Å². The molecular formula is C28H31N3O5. The lowest BCUT2D eigenvalue weighted by molar-refractivity contribution is -0.118. The Balaban J connectivity index is 1.31. The molecule has 4 rings (SSSR count). The van der Waals surface area contributed by atoms with Gasteiger partial charge >= 0.3 is 0 Å². The van der Waals surface area contributed by atoms with Gasteiger partial charge in [-0.05, 0) is 48.0 Å². The molecule has 1 fully saturated rings. The number of nitrogens with one attached hydrogen (secondary N) is 1. The summed E-state index contributed by atoms with van der Waals surface area (Å²) in [4.78, 5) is 29.3. The highest BCUT2D eigenvalue weighted by Crippen LogP contribution is 2.24. The van der Waals surface area contributed by atoms with Gasteiger partial charge in [0, 0.05) is 49.7 Å². The van der Waals surface area contributed by atoms with E-state index in [2.05, 4.69) is 22.3 Å². The third kappa shape index (κ3) is 6.55. The van der Waals surface area contributed by atoms with Crippen LogP contribution in [0.25, 0.3) is 0 Å². The quantitative estimate of drug-likeness (QED) is 0.492. The van der Waals surface area contributed by atoms with Crippen LogP contribution in [0.5, 0.6) is 11.5 Å². The Kier molecular flexibility index (Phi) is 8.41. The molecule has 0 spiro atoms. The molecule has 2 amide bonds. The Hall–Kier alpha value is -4.04. The van der Waals surface area contributed by atoms with E-state index >= 15 is 0 Å². The number of carbonyl (C=O) groups excluding carboxylic acids is 2. The molecule has 188 valence electrons. The largest absolute Gasteiger partial charge is 0.497 e. The molecule has 0 radical (unpaired) electrons. The second kappa shape index (κ2) is 12.1. The third-order valence-corrected chi connectivity index (χ3v) is 5.92. The molecule has 0 atom stereocenters. The van der Waals surface area contributed by atoms with Gasteiger partial charge in [0.25, 0.3) is 11.8 Å². The van der Waals surface area contributed by atoms with Gasteiger partial charge in [-0.15, -0.1) is 0 Å². The number of methoxy groups -OCH3 is 1. The Morgan fingerprint density at radius 2 is 1.72 bits per heavy atom. The summed E-state index contributed by atoms with van der Waals surface area (Å²) in [5.41, 5.74) is 3.41. The predicted octanol–water partition coefficient (Wildman–Crippen LogP) is 3.82. The molecule has 0 saturated carbocycles. The highest BCUT2D eigenvalue weighted by Gasteiger charge is 2.18. The number of carbonyl (C=O) groups is 2. The molecule has 0 aromatic heterocycles. The van der Waals surface area contributed by atoms with Crippen LogP contribution in [0.15, 0.2) is 72.8 Å². The summed E-state index contributed by atoms with van der Waals surface area (Å²) in [6.45, 7) is 3.44. The second-order valence-corrected chi connectivity index (χ2v) is 8.48. The zero-order chi connectivity index (χ0) is 25.3. The minimum Gasteiger partial charge on any atom is -0.497 e. The molecular weight excluding hydrogens is 458 g/mol. The smallest absolute Gasteiger partial charge is 0.262 e. The van der Waals surface area contributed by atoms with Gasteiger partial charge in [-0.25, -0.2) is 0 Å². The van der Waals surface area contributed by atoms with Crippen LogP contribution in [0.4, 0.5) is 11.4 Å². The van der Waals surface area contributed by atoms with Crippen LogP contribution >= 0.6 is 0 Å². The molecule has 3 aromatic rings. The summed E-state index contributed by atoms with van der Waals surface area (Å²) < 4.78 is 16.2. The number of amides is 2. The first-order valence-corrected chi connectivity index (χ1v) is 11.9. The van der Waals surface area contributed by atoms with Crippen LogP contribution < -0.4 is 19.7 Å². The van der Waals surface area contributed by atoms with Gasteiger partial charge in [0.15, 0.2) is 6.61 Å². The monoisotopic (exact) mass is 489 g/mol. The standard InChI is InChI=1S/C28H31N3O5/c1-30(19-22-6-3-4-9-26(22)31-14-16-35-17-15-31)28(33)21-10-12-24(13-11-21)36-20-27(32)29-23-7-5-8-25(18-23)34-2/h3-13,18H,14-17,19-20H2,1-2H3,(H,29,32). The van der Waals surface area contributed by atoms with E-state index in [9.17, 15) is 9.59 Å². The lowest BCUT2D eigenvalue weighted by atomic mass is 10.1. The van der Waals surface area contributed by atoms with Crippen molar-refractivity contribution in [2.75, 3.05) is 57.3 Å². The summed E-state index contributed by atoms with van der Waals surface area (Å²) in [6.07, 6.45) is 0. The van der Waals surface area contributed by atoms with Crippen molar-refractivity contribution >= 4 is 23.2 Å². The Bertz CT molecular complexity index is 1180. The van der Waals surface area contributed by atoms with Gasteiger partial charge < -0.3 is 29.3 Å². The predicted molar refractivity (Wildman–Crippen MR) is 139 cm³/mol. The van der Waals surface area contributed by atoms with E-state index < -0.39 is 0 Å². The van der Waals surface area contributed by atoms with Crippen LogP contribution in [0.3, 0.4) is 0 Å². The molecule has 1 saturated heterocycles. The average Bonchev–Trinajstić information content (AvgIpc) is 2.92. The number of ether oxygens (including phenoxy) is 3. The average molecular weight is 490 g/mol. The number of para-hydroxylation sites is 1. The van der Waals surface area contributed by atoms with E-state index in [1.165, 1.54) is 0 Å². The fourth-order valence-electron chi connectivity index (χ4n) is 4.05. The summed E-state index contributed by atoms with van der Waals surface area (Å²) >= 11 is 0. The van der Waals surface area contributed by atoms with Gasteiger partial charge in [-0.3, -0.25) is 9.59 Å². The van der Waals surface area contributed by atoms with Crippen LogP contribution in [0.2, 0.25) is 0 Å². The van der Waals surface area contributed by atoms with Crippen molar-refractivity contribution in [3.8, 4) is 11.5 Å². The van der Waals surface area contributed by atoms with Crippen LogP contribution in [0, 0.1) is 0 Å². The number of benzene rings is 3. The molecule has 1 heterocycles. The number of anilines is 2. The summed E-state index contributed by atoms with van der Waals surface area (Å²) in [5, 5.41) is 2.77. The first kappa shape index (κ1) is 25.1. The van der Waals surface area contributed by atoms with Crippen molar-refractivity contribution in [2.45, 2.75) is 6.54 Å². The fraction of sp³-hybridized carbons (Fsp3) is 0.286. The van der Waals surface area contributed by atoms with Gasteiger partial charge in [-0.2, -0.15) is 0 Å². The summed E-state index contributed by atoms with van der Waals surface area (Å²) in [7, 11) is 3.37. The zero-order valence-electron chi connectivity index (χ0n) is 20.6. The minimum atomic E-state index is -0.290. The van der Waals surface area contributed by atoms with E-state index in [1.807, 2.05) is 12.1 Å². The molecule has 0 aliphatic carbocycles. The maximum Gasteiger partial charge on any atom is 0.262 e. The number of morpholine rings is 1. The molecule has 3 aromatic carbocycles. The van der Waals surface area contributed by atoms with Crippen LogP contribution in [-0.4, -0.2) is 63.8 Å². The number of nitrogens with zero attached hydrogens (tertiary/aromatic N) is 2. The van der Waals surface area contributed by atoms with Crippen molar-refractivity contribution in [3.63, 3.8) is 0 Å².